The first-order valence-corrected chi connectivity index (χ1v) is 13.5. The summed E-state index contributed by atoms with van der Waals surface area (Å²) in [4.78, 5) is 52.0. The van der Waals surface area contributed by atoms with Gasteiger partial charge >= 0.3 is 17.9 Å². The molecular formula is C31H26N6O7. The zero-order chi connectivity index (χ0) is 30.6. The highest BCUT2D eigenvalue weighted by Gasteiger charge is 2.52. The zero-order valence-electron chi connectivity index (χ0n) is 23.1. The Bertz CT molecular complexity index is 1800. The number of carbonyl (C=O) groups excluding carboxylic acids is 3. The molecular weight excluding hydrogens is 568 g/mol. The van der Waals surface area contributed by atoms with Crippen LogP contribution in [0, 0.1) is 0 Å². The van der Waals surface area contributed by atoms with Crippen molar-refractivity contribution in [3.05, 3.63) is 114 Å². The molecule has 4 N–H and O–H groups in total. The molecule has 3 heterocycles. The Morgan fingerprint density at radius 3 is 1.82 bits per heavy atom. The van der Waals surface area contributed by atoms with E-state index >= 15 is 0 Å². The van der Waals surface area contributed by atoms with E-state index < -0.39 is 42.4 Å². The van der Waals surface area contributed by atoms with Crippen molar-refractivity contribution in [3.8, 4) is 0 Å². The Hall–Kier alpha value is -5.82. The molecule has 5 aromatic rings. The summed E-state index contributed by atoms with van der Waals surface area (Å²) >= 11 is 0. The van der Waals surface area contributed by atoms with Crippen LogP contribution in [0.5, 0.6) is 0 Å². The van der Waals surface area contributed by atoms with Crippen molar-refractivity contribution in [2.45, 2.75) is 24.5 Å². The lowest BCUT2D eigenvalue weighted by molar-refractivity contribution is -0.0606. The lowest BCUT2D eigenvalue weighted by atomic mass is 10.1. The van der Waals surface area contributed by atoms with E-state index in [1.54, 1.807) is 91.0 Å². The smallest absolute Gasteiger partial charge is 0.338 e. The van der Waals surface area contributed by atoms with Crippen molar-refractivity contribution in [2.24, 2.45) is 0 Å². The average molecular weight is 595 g/mol. The Labute approximate surface area is 250 Å². The van der Waals surface area contributed by atoms with Gasteiger partial charge in [-0.2, -0.15) is 9.97 Å². The summed E-state index contributed by atoms with van der Waals surface area (Å²) in [5, 5.41) is 0. The third-order valence-electron chi connectivity index (χ3n) is 6.92. The van der Waals surface area contributed by atoms with Crippen molar-refractivity contribution in [3.63, 3.8) is 0 Å². The molecule has 44 heavy (non-hydrogen) atoms. The van der Waals surface area contributed by atoms with Gasteiger partial charge in [0.2, 0.25) is 5.95 Å². The molecule has 3 aromatic carbocycles. The molecule has 0 amide bonds. The van der Waals surface area contributed by atoms with E-state index in [9.17, 15) is 14.4 Å². The van der Waals surface area contributed by atoms with Gasteiger partial charge in [-0.1, -0.05) is 54.6 Å². The Morgan fingerprint density at radius 1 is 0.727 bits per heavy atom. The number of benzene rings is 3. The summed E-state index contributed by atoms with van der Waals surface area (Å²) in [6, 6.07) is 24.9. The number of nitrogens with two attached hydrogens (primary N) is 2. The summed E-state index contributed by atoms with van der Waals surface area (Å²) in [5.74, 6) is -2.11. The lowest BCUT2D eigenvalue weighted by Crippen LogP contribution is -2.41. The number of nitrogens with zero attached hydrogens (tertiary/aromatic N) is 4. The number of hydrogen-bond donors (Lipinski definition) is 2. The largest absolute Gasteiger partial charge is 0.459 e. The number of rotatable bonds is 8. The third kappa shape index (κ3) is 5.76. The van der Waals surface area contributed by atoms with Crippen LogP contribution in [-0.4, -0.2) is 62.3 Å². The van der Waals surface area contributed by atoms with Crippen molar-refractivity contribution >= 4 is 40.8 Å². The van der Waals surface area contributed by atoms with E-state index in [1.165, 1.54) is 10.9 Å². The van der Waals surface area contributed by atoms with Gasteiger partial charge in [-0.3, -0.25) is 4.57 Å². The molecule has 13 heteroatoms. The molecule has 13 nitrogen and oxygen atoms in total. The number of ether oxygens (including phenoxy) is 4. The fourth-order valence-electron chi connectivity index (χ4n) is 4.82. The minimum atomic E-state index is -1.26. The highest BCUT2D eigenvalue weighted by atomic mass is 16.7. The molecule has 0 spiro atoms. The van der Waals surface area contributed by atoms with Crippen LogP contribution in [0.4, 0.5) is 11.8 Å². The van der Waals surface area contributed by atoms with Crippen LogP contribution < -0.4 is 11.5 Å². The average Bonchev–Trinajstić information content (AvgIpc) is 3.62. The van der Waals surface area contributed by atoms with Crippen LogP contribution in [0.2, 0.25) is 0 Å². The number of carbonyl (C=O) groups is 3. The maximum atomic E-state index is 13.4. The monoisotopic (exact) mass is 594 g/mol. The predicted molar refractivity (Wildman–Crippen MR) is 156 cm³/mol. The van der Waals surface area contributed by atoms with Gasteiger partial charge in [-0.15, -0.1) is 0 Å². The molecule has 1 fully saturated rings. The van der Waals surface area contributed by atoms with Gasteiger partial charge in [-0.05, 0) is 36.4 Å². The normalized spacial score (nSPS) is 19.4. The molecule has 1 saturated heterocycles. The van der Waals surface area contributed by atoms with E-state index in [4.69, 9.17) is 30.4 Å². The summed E-state index contributed by atoms with van der Waals surface area (Å²) in [7, 11) is 0. The molecule has 6 rings (SSSR count). The van der Waals surface area contributed by atoms with Crippen molar-refractivity contribution in [1.29, 1.82) is 0 Å². The fourth-order valence-corrected chi connectivity index (χ4v) is 4.82. The minimum Gasteiger partial charge on any atom is -0.459 e. The van der Waals surface area contributed by atoms with E-state index in [2.05, 4.69) is 15.0 Å². The molecule has 0 saturated carbocycles. The summed E-state index contributed by atoms with van der Waals surface area (Å²) in [6.07, 6.45) is -3.36. The Kier molecular flexibility index (Phi) is 7.84. The summed E-state index contributed by atoms with van der Waals surface area (Å²) in [6.45, 7) is -0.345. The highest BCUT2D eigenvalue weighted by Crippen LogP contribution is 2.37. The third-order valence-corrected chi connectivity index (χ3v) is 6.92. The van der Waals surface area contributed by atoms with Crippen molar-refractivity contribution in [1.82, 2.24) is 19.5 Å². The molecule has 1 aliphatic heterocycles. The first-order valence-electron chi connectivity index (χ1n) is 13.5. The van der Waals surface area contributed by atoms with Crippen LogP contribution in [0.25, 0.3) is 11.2 Å². The van der Waals surface area contributed by atoms with Crippen LogP contribution >= 0.6 is 0 Å². The van der Waals surface area contributed by atoms with E-state index in [0.29, 0.717) is 5.56 Å². The van der Waals surface area contributed by atoms with E-state index in [1.807, 2.05) is 0 Å². The molecule has 4 atom stereocenters. The lowest BCUT2D eigenvalue weighted by Gasteiger charge is -2.25. The number of anilines is 2. The Morgan fingerprint density at radius 2 is 1.25 bits per heavy atom. The van der Waals surface area contributed by atoms with Gasteiger partial charge in [0.05, 0.1) is 23.0 Å². The van der Waals surface area contributed by atoms with E-state index in [0.717, 1.165) is 0 Å². The SMILES string of the molecule is Nc1nc(N)c2ncn(C3O[C@H](COC(=O)c4ccccc4)[C@@H](OC(=O)c4ccccc4)[C@H]3OC(=O)c3ccccc3)c2n1. The zero-order valence-corrected chi connectivity index (χ0v) is 23.1. The number of imidazole rings is 1. The second kappa shape index (κ2) is 12.2. The second-order valence-electron chi connectivity index (χ2n) is 9.79. The minimum absolute atomic E-state index is 0.0301. The molecule has 1 unspecified atom stereocenters. The fraction of sp³-hybridized carbons (Fsp3) is 0.161. The van der Waals surface area contributed by atoms with Crippen LogP contribution in [0.1, 0.15) is 37.3 Å². The van der Waals surface area contributed by atoms with Gasteiger partial charge in [0.15, 0.2) is 29.9 Å². The quantitative estimate of drug-likeness (QED) is 0.198. The first-order chi connectivity index (χ1) is 21.4. The topological polar surface area (TPSA) is 184 Å². The Balaban J connectivity index is 1.39. The van der Waals surface area contributed by atoms with Gasteiger partial charge in [-0.25, -0.2) is 19.4 Å². The molecule has 0 aliphatic carbocycles. The molecule has 0 radical (unpaired) electrons. The maximum Gasteiger partial charge on any atom is 0.338 e. The van der Waals surface area contributed by atoms with Crippen LogP contribution in [0.3, 0.4) is 0 Å². The van der Waals surface area contributed by atoms with Crippen molar-refractivity contribution < 1.29 is 33.3 Å². The van der Waals surface area contributed by atoms with Crippen molar-refractivity contribution in [2.75, 3.05) is 18.1 Å². The van der Waals surface area contributed by atoms with Crippen LogP contribution in [-0.2, 0) is 18.9 Å². The second-order valence-corrected chi connectivity index (χ2v) is 9.79. The van der Waals surface area contributed by atoms with Gasteiger partial charge < -0.3 is 30.4 Å². The first kappa shape index (κ1) is 28.3. The molecule has 0 bridgehead atoms. The van der Waals surface area contributed by atoms with Crippen LogP contribution in [0.15, 0.2) is 97.3 Å². The number of hydrogen-bond acceptors (Lipinski definition) is 12. The van der Waals surface area contributed by atoms with Gasteiger partial charge in [0, 0.05) is 0 Å². The standard InChI is InChI=1S/C31H26N6O7/c32-25-22-26(36-31(33)35-25)37(17-34-22)27-24(44-30(40)20-14-8-3-9-15-20)23(43-29(39)19-12-6-2-7-13-19)21(42-27)16-41-28(38)18-10-4-1-5-11-18/h1-15,17,21,23-24,27H,16H2,(H4,32,33,35,36)/t21-,23-,24-,27?/m1/s1. The number of aromatic nitrogens is 4. The maximum absolute atomic E-state index is 13.4. The molecule has 2 aromatic heterocycles. The van der Waals surface area contributed by atoms with Gasteiger partial charge in [0.25, 0.3) is 0 Å². The number of nitrogen functional groups attached to an aromatic ring is 2. The van der Waals surface area contributed by atoms with E-state index in [-0.39, 0.29) is 40.7 Å². The molecule has 1 aliphatic rings. The number of fused-ring (bicyclic) bond motifs is 1. The number of esters is 3. The molecule has 222 valence electrons. The predicted octanol–water partition coefficient (Wildman–Crippen LogP) is 3.20. The summed E-state index contributed by atoms with van der Waals surface area (Å²) in [5.41, 5.74) is 13.1. The highest BCUT2D eigenvalue weighted by molar-refractivity contribution is 5.91. The van der Waals surface area contributed by atoms with Gasteiger partial charge in [0.1, 0.15) is 18.2 Å². The summed E-state index contributed by atoms with van der Waals surface area (Å²) < 4.78 is 25.3.